The van der Waals surface area contributed by atoms with Crippen LogP contribution < -0.4 is 4.74 Å². The van der Waals surface area contributed by atoms with Gasteiger partial charge < -0.3 is 9.64 Å². The van der Waals surface area contributed by atoms with Crippen molar-refractivity contribution in [1.82, 2.24) is 4.90 Å². The molecule has 0 aliphatic rings. The molecule has 0 saturated heterocycles. The molecule has 0 unspecified atom stereocenters. The van der Waals surface area contributed by atoms with E-state index in [2.05, 4.69) is 0 Å². The summed E-state index contributed by atoms with van der Waals surface area (Å²) < 4.78 is 18.1. The van der Waals surface area contributed by atoms with Gasteiger partial charge in [0.25, 0.3) is 0 Å². The molecule has 4 heteroatoms. The minimum atomic E-state index is -0.336. The Balaban J connectivity index is 2.35. The standard InChI is InChI=1S/C13H18FNO2/c1-3-15(4-2)13(16)8-9-17-12-7-5-6-11(14)10-12/h5-7,10H,3-4,8-9H2,1-2H3. The van der Waals surface area contributed by atoms with E-state index in [-0.39, 0.29) is 18.3 Å². The molecule has 0 fully saturated rings. The van der Waals surface area contributed by atoms with Crippen molar-refractivity contribution in [2.75, 3.05) is 19.7 Å². The molecule has 0 spiro atoms. The lowest BCUT2D eigenvalue weighted by Crippen LogP contribution is -2.31. The zero-order valence-electron chi connectivity index (χ0n) is 10.3. The van der Waals surface area contributed by atoms with E-state index in [0.717, 1.165) is 0 Å². The van der Waals surface area contributed by atoms with Crippen molar-refractivity contribution in [2.45, 2.75) is 20.3 Å². The number of hydrogen-bond acceptors (Lipinski definition) is 2. The summed E-state index contributed by atoms with van der Waals surface area (Å²) in [5, 5.41) is 0. The normalized spacial score (nSPS) is 10.1. The van der Waals surface area contributed by atoms with Gasteiger partial charge in [-0.15, -0.1) is 0 Å². The Morgan fingerprint density at radius 1 is 1.35 bits per heavy atom. The van der Waals surface area contributed by atoms with Gasteiger partial charge >= 0.3 is 0 Å². The van der Waals surface area contributed by atoms with E-state index in [9.17, 15) is 9.18 Å². The van der Waals surface area contributed by atoms with Gasteiger partial charge in [0.05, 0.1) is 13.0 Å². The summed E-state index contributed by atoms with van der Waals surface area (Å²) in [5.74, 6) is 0.182. The van der Waals surface area contributed by atoms with Crippen molar-refractivity contribution in [1.29, 1.82) is 0 Å². The average molecular weight is 239 g/mol. The Bertz CT molecular complexity index is 364. The Kier molecular flexibility index (Phi) is 5.46. The number of rotatable bonds is 6. The van der Waals surface area contributed by atoms with E-state index in [4.69, 9.17) is 4.74 Å². The number of ether oxygens (including phenoxy) is 1. The highest BCUT2D eigenvalue weighted by molar-refractivity contribution is 5.76. The predicted molar refractivity (Wildman–Crippen MR) is 64.4 cm³/mol. The molecule has 0 aromatic heterocycles. The first-order chi connectivity index (χ1) is 8.17. The van der Waals surface area contributed by atoms with Gasteiger partial charge in [0.2, 0.25) is 5.91 Å². The SMILES string of the molecule is CCN(CC)C(=O)CCOc1cccc(F)c1. The largest absolute Gasteiger partial charge is 0.493 e. The highest BCUT2D eigenvalue weighted by Crippen LogP contribution is 2.12. The molecule has 1 aromatic carbocycles. The van der Waals surface area contributed by atoms with Crippen LogP contribution in [0.1, 0.15) is 20.3 Å². The summed E-state index contributed by atoms with van der Waals surface area (Å²) in [7, 11) is 0. The lowest BCUT2D eigenvalue weighted by Gasteiger charge is -2.18. The quantitative estimate of drug-likeness (QED) is 0.763. The van der Waals surface area contributed by atoms with E-state index in [0.29, 0.717) is 25.3 Å². The van der Waals surface area contributed by atoms with Crippen LogP contribution in [-0.2, 0) is 4.79 Å². The number of benzene rings is 1. The monoisotopic (exact) mass is 239 g/mol. The second kappa shape index (κ2) is 6.89. The highest BCUT2D eigenvalue weighted by atomic mass is 19.1. The zero-order valence-corrected chi connectivity index (χ0v) is 10.3. The van der Waals surface area contributed by atoms with Gasteiger partial charge in [0.15, 0.2) is 0 Å². The number of hydrogen-bond donors (Lipinski definition) is 0. The van der Waals surface area contributed by atoms with Crippen molar-refractivity contribution in [3.63, 3.8) is 0 Å². The molecule has 1 rings (SSSR count). The van der Waals surface area contributed by atoms with Gasteiger partial charge in [0, 0.05) is 19.2 Å². The van der Waals surface area contributed by atoms with Gasteiger partial charge in [-0.2, -0.15) is 0 Å². The number of nitrogens with zero attached hydrogens (tertiary/aromatic N) is 1. The maximum absolute atomic E-state index is 12.8. The van der Waals surface area contributed by atoms with Crippen molar-refractivity contribution >= 4 is 5.91 Å². The van der Waals surface area contributed by atoms with Crippen LogP contribution in [0.2, 0.25) is 0 Å². The third-order valence-corrected chi connectivity index (χ3v) is 2.50. The van der Waals surface area contributed by atoms with Gasteiger partial charge in [-0.05, 0) is 26.0 Å². The molecule has 0 atom stereocenters. The first-order valence-corrected chi connectivity index (χ1v) is 5.83. The number of carbonyl (C=O) groups excluding carboxylic acids is 1. The molecule has 1 aromatic rings. The summed E-state index contributed by atoms with van der Waals surface area (Å²) in [5.41, 5.74) is 0. The fourth-order valence-electron chi connectivity index (χ4n) is 1.55. The first-order valence-electron chi connectivity index (χ1n) is 5.83. The van der Waals surface area contributed by atoms with Gasteiger partial charge in [-0.25, -0.2) is 4.39 Å². The summed E-state index contributed by atoms with van der Waals surface area (Å²) in [6.45, 7) is 5.56. The van der Waals surface area contributed by atoms with Crippen molar-refractivity contribution < 1.29 is 13.9 Å². The predicted octanol–water partition coefficient (Wildman–Crippen LogP) is 2.46. The second-order valence-electron chi connectivity index (χ2n) is 3.62. The first kappa shape index (κ1) is 13.5. The molecule has 0 heterocycles. The number of halogens is 1. The molecule has 0 N–H and O–H groups in total. The molecule has 0 aliphatic carbocycles. The third kappa shape index (κ3) is 4.43. The van der Waals surface area contributed by atoms with E-state index in [1.165, 1.54) is 12.1 Å². The van der Waals surface area contributed by atoms with Crippen molar-refractivity contribution in [3.05, 3.63) is 30.1 Å². The molecule has 0 bridgehead atoms. The lowest BCUT2D eigenvalue weighted by molar-refractivity contribution is -0.131. The Hall–Kier alpha value is -1.58. The van der Waals surface area contributed by atoms with Crippen LogP contribution in [-0.4, -0.2) is 30.5 Å². The maximum Gasteiger partial charge on any atom is 0.225 e. The van der Waals surface area contributed by atoms with Crippen LogP contribution in [0.4, 0.5) is 4.39 Å². The van der Waals surface area contributed by atoms with Gasteiger partial charge in [-0.1, -0.05) is 6.07 Å². The van der Waals surface area contributed by atoms with E-state index in [1.54, 1.807) is 17.0 Å². The topological polar surface area (TPSA) is 29.5 Å². The highest BCUT2D eigenvalue weighted by Gasteiger charge is 2.09. The van der Waals surface area contributed by atoms with Crippen LogP contribution >= 0.6 is 0 Å². The molecule has 0 saturated carbocycles. The van der Waals surface area contributed by atoms with E-state index in [1.807, 2.05) is 13.8 Å². The minimum absolute atomic E-state index is 0.0615. The number of carbonyl (C=O) groups is 1. The fourth-order valence-corrected chi connectivity index (χ4v) is 1.55. The van der Waals surface area contributed by atoms with Crippen LogP contribution in [0.15, 0.2) is 24.3 Å². The van der Waals surface area contributed by atoms with E-state index >= 15 is 0 Å². The fraction of sp³-hybridized carbons (Fsp3) is 0.462. The molecule has 1 amide bonds. The average Bonchev–Trinajstić information content (AvgIpc) is 2.30. The zero-order chi connectivity index (χ0) is 12.7. The van der Waals surface area contributed by atoms with Crippen LogP contribution in [0.25, 0.3) is 0 Å². The molecule has 3 nitrogen and oxygen atoms in total. The second-order valence-corrected chi connectivity index (χ2v) is 3.62. The third-order valence-electron chi connectivity index (χ3n) is 2.50. The maximum atomic E-state index is 12.8. The Labute approximate surface area is 101 Å². The van der Waals surface area contributed by atoms with Crippen LogP contribution in [0.5, 0.6) is 5.75 Å². The minimum Gasteiger partial charge on any atom is -0.493 e. The van der Waals surface area contributed by atoms with Crippen molar-refractivity contribution in [3.8, 4) is 5.75 Å². The summed E-state index contributed by atoms with van der Waals surface area (Å²) in [4.78, 5) is 13.4. The Morgan fingerprint density at radius 2 is 2.06 bits per heavy atom. The van der Waals surface area contributed by atoms with Crippen LogP contribution in [0, 0.1) is 5.82 Å². The van der Waals surface area contributed by atoms with Crippen molar-refractivity contribution in [2.24, 2.45) is 0 Å². The van der Waals surface area contributed by atoms with Crippen LogP contribution in [0.3, 0.4) is 0 Å². The molecule has 94 valence electrons. The van der Waals surface area contributed by atoms with Gasteiger partial charge in [0.1, 0.15) is 11.6 Å². The molecular formula is C13H18FNO2. The summed E-state index contributed by atoms with van der Waals surface area (Å²) in [6.07, 6.45) is 0.318. The Morgan fingerprint density at radius 3 is 2.65 bits per heavy atom. The summed E-state index contributed by atoms with van der Waals surface area (Å²) >= 11 is 0. The molecule has 17 heavy (non-hydrogen) atoms. The summed E-state index contributed by atoms with van der Waals surface area (Å²) in [6, 6.07) is 5.91. The van der Waals surface area contributed by atoms with E-state index < -0.39 is 0 Å². The number of amides is 1. The molecule has 0 radical (unpaired) electrons. The smallest absolute Gasteiger partial charge is 0.225 e. The van der Waals surface area contributed by atoms with Gasteiger partial charge in [-0.3, -0.25) is 4.79 Å². The lowest BCUT2D eigenvalue weighted by atomic mass is 10.3. The molecular weight excluding hydrogens is 221 g/mol. The molecule has 0 aliphatic heterocycles.